The van der Waals surface area contributed by atoms with E-state index in [0.717, 1.165) is 19.5 Å². The number of nitrogens with one attached hydrogen (secondary N) is 2. The van der Waals surface area contributed by atoms with Crippen LogP contribution in [0.2, 0.25) is 0 Å². The fourth-order valence-electron chi connectivity index (χ4n) is 1.98. The van der Waals surface area contributed by atoms with E-state index in [4.69, 9.17) is 0 Å². The van der Waals surface area contributed by atoms with Gasteiger partial charge in [0.25, 0.3) is 5.56 Å². The molecule has 0 spiro atoms. The van der Waals surface area contributed by atoms with Gasteiger partial charge in [0.15, 0.2) is 0 Å². The first-order chi connectivity index (χ1) is 6.86. The number of aryl methyl sites for hydroxylation is 1. The zero-order valence-electron chi connectivity index (χ0n) is 8.33. The first-order valence-corrected chi connectivity index (χ1v) is 5.34. The van der Waals surface area contributed by atoms with Gasteiger partial charge in [-0.05, 0) is 25.8 Å². The monoisotopic (exact) mass is 195 g/mol. The summed E-state index contributed by atoms with van der Waals surface area (Å²) in [7, 11) is 0. The molecule has 14 heavy (non-hydrogen) atoms. The second kappa shape index (κ2) is 4.46. The van der Waals surface area contributed by atoms with Crippen LogP contribution in [0.5, 0.6) is 0 Å². The predicted octanol–water partition coefficient (Wildman–Crippen LogP) is 0.709. The number of aromatic nitrogens is 2. The normalized spacial score (nSPS) is 22.4. The van der Waals surface area contributed by atoms with Crippen LogP contribution in [0.4, 0.5) is 0 Å². The molecular formula is C10H17N3O. The third kappa shape index (κ3) is 2.26. The lowest BCUT2D eigenvalue weighted by Gasteiger charge is -2.23. The van der Waals surface area contributed by atoms with Crippen molar-refractivity contribution in [2.45, 2.75) is 38.3 Å². The molecule has 0 radical (unpaired) electrons. The molecule has 2 heterocycles. The van der Waals surface area contributed by atoms with Gasteiger partial charge in [-0.3, -0.25) is 9.48 Å². The van der Waals surface area contributed by atoms with E-state index in [1.54, 1.807) is 16.9 Å². The van der Waals surface area contributed by atoms with E-state index in [1.807, 2.05) is 0 Å². The maximum atomic E-state index is 11.2. The van der Waals surface area contributed by atoms with E-state index in [9.17, 15) is 4.79 Å². The van der Waals surface area contributed by atoms with Crippen molar-refractivity contribution in [3.63, 3.8) is 0 Å². The lowest BCUT2D eigenvalue weighted by atomic mass is 10.0. The van der Waals surface area contributed by atoms with Gasteiger partial charge >= 0.3 is 0 Å². The number of aromatic amines is 1. The molecule has 78 valence electrons. The molecule has 1 aliphatic heterocycles. The van der Waals surface area contributed by atoms with Crippen molar-refractivity contribution in [1.82, 2.24) is 15.1 Å². The Labute approximate surface area is 83.3 Å². The summed E-state index contributed by atoms with van der Waals surface area (Å²) in [5, 5.41) is 6.39. The number of hydrogen-bond donors (Lipinski definition) is 2. The molecule has 1 fully saturated rings. The largest absolute Gasteiger partial charge is 0.314 e. The SMILES string of the molecule is O=c1cc[nH]n1CCC1CCCCN1. The van der Waals surface area contributed by atoms with Crippen molar-refractivity contribution in [2.75, 3.05) is 6.54 Å². The highest BCUT2D eigenvalue weighted by Gasteiger charge is 2.12. The van der Waals surface area contributed by atoms with E-state index in [2.05, 4.69) is 10.4 Å². The molecule has 0 saturated carbocycles. The van der Waals surface area contributed by atoms with E-state index in [1.165, 1.54) is 19.3 Å². The Bertz CT molecular complexity index is 322. The van der Waals surface area contributed by atoms with Crippen LogP contribution in [0.1, 0.15) is 25.7 Å². The first kappa shape index (κ1) is 9.52. The number of hydrogen-bond acceptors (Lipinski definition) is 2. The standard InChI is InChI=1S/C10H17N3O/c14-10-4-7-12-13(10)8-5-9-3-1-2-6-11-9/h4,7,9,11-12H,1-3,5-6,8H2. The molecular weight excluding hydrogens is 178 g/mol. The summed E-state index contributed by atoms with van der Waals surface area (Å²) < 4.78 is 1.66. The Morgan fingerprint density at radius 2 is 2.43 bits per heavy atom. The van der Waals surface area contributed by atoms with Crippen molar-refractivity contribution in [2.24, 2.45) is 0 Å². The summed E-state index contributed by atoms with van der Waals surface area (Å²) in [5.74, 6) is 0. The van der Waals surface area contributed by atoms with Crippen LogP contribution in [-0.2, 0) is 6.54 Å². The van der Waals surface area contributed by atoms with Gasteiger partial charge < -0.3 is 10.4 Å². The molecule has 4 nitrogen and oxygen atoms in total. The zero-order chi connectivity index (χ0) is 9.80. The molecule has 1 aliphatic rings. The minimum Gasteiger partial charge on any atom is -0.314 e. The fraction of sp³-hybridized carbons (Fsp3) is 0.700. The van der Waals surface area contributed by atoms with E-state index in [0.29, 0.717) is 6.04 Å². The van der Waals surface area contributed by atoms with Gasteiger partial charge in [0.05, 0.1) is 0 Å². The molecule has 1 unspecified atom stereocenters. The van der Waals surface area contributed by atoms with Gasteiger partial charge in [0, 0.05) is 24.8 Å². The molecule has 4 heteroatoms. The highest BCUT2D eigenvalue weighted by Crippen LogP contribution is 2.10. The maximum Gasteiger partial charge on any atom is 0.266 e. The summed E-state index contributed by atoms with van der Waals surface area (Å²) in [6.45, 7) is 1.92. The van der Waals surface area contributed by atoms with Gasteiger partial charge in [-0.25, -0.2) is 0 Å². The van der Waals surface area contributed by atoms with Gasteiger partial charge in [-0.1, -0.05) is 6.42 Å². The molecule has 1 aromatic heterocycles. The Balaban J connectivity index is 1.82. The summed E-state index contributed by atoms with van der Waals surface area (Å²) in [4.78, 5) is 11.2. The van der Waals surface area contributed by atoms with Gasteiger partial charge in [0.1, 0.15) is 0 Å². The van der Waals surface area contributed by atoms with Crippen LogP contribution in [0.3, 0.4) is 0 Å². The van der Waals surface area contributed by atoms with Crippen LogP contribution < -0.4 is 10.9 Å². The van der Waals surface area contributed by atoms with Crippen LogP contribution in [0, 0.1) is 0 Å². The van der Waals surface area contributed by atoms with Crippen LogP contribution >= 0.6 is 0 Å². The van der Waals surface area contributed by atoms with Crippen molar-refractivity contribution in [3.8, 4) is 0 Å². The molecule has 0 aliphatic carbocycles. The zero-order valence-corrected chi connectivity index (χ0v) is 8.33. The van der Waals surface area contributed by atoms with Gasteiger partial charge in [0.2, 0.25) is 0 Å². The molecule has 0 bridgehead atoms. The highest BCUT2D eigenvalue weighted by atomic mass is 16.1. The molecule has 2 N–H and O–H groups in total. The second-order valence-electron chi connectivity index (χ2n) is 3.89. The molecule has 1 atom stereocenters. The average molecular weight is 195 g/mol. The second-order valence-corrected chi connectivity index (χ2v) is 3.89. The summed E-state index contributed by atoms with van der Waals surface area (Å²) >= 11 is 0. The summed E-state index contributed by atoms with van der Waals surface area (Å²) in [6, 6.07) is 2.16. The topological polar surface area (TPSA) is 49.8 Å². The van der Waals surface area contributed by atoms with E-state index in [-0.39, 0.29) is 5.56 Å². The average Bonchev–Trinajstić information content (AvgIpc) is 2.63. The minimum atomic E-state index is 0.0702. The van der Waals surface area contributed by atoms with E-state index >= 15 is 0 Å². The Morgan fingerprint density at radius 1 is 1.50 bits per heavy atom. The first-order valence-electron chi connectivity index (χ1n) is 5.34. The summed E-state index contributed by atoms with van der Waals surface area (Å²) in [6.07, 6.45) is 6.59. The van der Waals surface area contributed by atoms with Gasteiger partial charge in [-0.2, -0.15) is 0 Å². The Morgan fingerprint density at radius 3 is 3.07 bits per heavy atom. The third-order valence-corrected chi connectivity index (χ3v) is 2.84. The molecule has 0 amide bonds. The maximum absolute atomic E-state index is 11.2. The molecule has 1 aromatic rings. The smallest absolute Gasteiger partial charge is 0.266 e. The number of rotatable bonds is 3. The minimum absolute atomic E-state index is 0.0702. The molecule has 2 rings (SSSR count). The van der Waals surface area contributed by atoms with E-state index < -0.39 is 0 Å². The van der Waals surface area contributed by atoms with Crippen molar-refractivity contribution in [3.05, 3.63) is 22.6 Å². The van der Waals surface area contributed by atoms with Crippen molar-refractivity contribution >= 4 is 0 Å². The lowest BCUT2D eigenvalue weighted by molar-refractivity contribution is 0.358. The number of piperidine rings is 1. The fourth-order valence-corrected chi connectivity index (χ4v) is 1.98. The van der Waals surface area contributed by atoms with Gasteiger partial charge in [-0.15, -0.1) is 0 Å². The van der Waals surface area contributed by atoms with Crippen LogP contribution in [-0.4, -0.2) is 22.4 Å². The Kier molecular flexibility index (Phi) is 3.03. The molecule has 0 aromatic carbocycles. The Hall–Kier alpha value is -1.03. The molecule has 1 saturated heterocycles. The highest BCUT2D eigenvalue weighted by molar-refractivity contribution is 4.81. The summed E-state index contributed by atoms with van der Waals surface area (Å²) in [5.41, 5.74) is 0.0702. The number of nitrogens with zero attached hydrogens (tertiary/aromatic N) is 1. The quantitative estimate of drug-likeness (QED) is 0.746. The lowest BCUT2D eigenvalue weighted by Crippen LogP contribution is -2.35. The van der Waals surface area contributed by atoms with Crippen molar-refractivity contribution < 1.29 is 0 Å². The van der Waals surface area contributed by atoms with Crippen LogP contribution in [0.25, 0.3) is 0 Å². The predicted molar refractivity (Wildman–Crippen MR) is 55.3 cm³/mol. The van der Waals surface area contributed by atoms with Crippen molar-refractivity contribution in [1.29, 1.82) is 0 Å². The number of H-pyrrole nitrogens is 1. The third-order valence-electron chi connectivity index (χ3n) is 2.84. The van der Waals surface area contributed by atoms with Crippen LogP contribution in [0.15, 0.2) is 17.1 Å².